The highest BCUT2D eigenvalue weighted by Gasteiger charge is 2.32. The highest BCUT2D eigenvalue weighted by molar-refractivity contribution is 8.00. The molecule has 0 radical (unpaired) electrons. The molecule has 0 spiro atoms. The van der Waals surface area contributed by atoms with Gasteiger partial charge in [-0.25, -0.2) is 18.4 Å². The first kappa shape index (κ1) is 24.7. The number of amides is 2. The van der Waals surface area contributed by atoms with Gasteiger partial charge in [0.15, 0.2) is 6.61 Å². The number of rotatable bonds is 7. The lowest BCUT2D eigenvalue weighted by Gasteiger charge is -2.22. The van der Waals surface area contributed by atoms with Crippen LogP contribution in [0.4, 0.5) is 5.69 Å². The number of ether oxygens (including phenoxy) is 1. The quantitative estimate of drug-likeness (QED) is 0.461. The number of esters is 1. The average Bonchev–Trinajstić information content (AvgIpc) is 3.10. The molecule has 9 nitrogen and oxygen atoms in total. The lowest BCUT2D eigenvalue weighted by Crippen LogP contribution is -2.38. The maximum Gasteiger partial charge on any atom is 0.339 e. The first-order valence-electron chi connectivity index (χ1n) is 10.1. The van der Waals surface area contributed by atoms with Crippen LogP contribution >= 0.6 is 11.8 Å². The van der Waals surface area contributed by atoms with Crippen LogP contribution in [-0.4, -0.2) is 63.6 Å². The molecule has 3 rings (SSSR count). The molecule has 1 aliphatic rings. The van der Waals surface area contributed by atoms with Crippen LogP contribution in [0.25, 0.3) is 0 Å². The van der Waals surface area contributed by atoms with Crippen molar-refractivity contribution in [3.63, 3.8) is 0 Å². The Morgan fingerprint density at radius 1 is 1.18 bits per heavy atom. The summed E-state index contributed by atoms with van der Waals surface area (Å²) in [7, 11) is -0.540. The number of hydrogen-bond donors (Lipinski definition) is 1. The van der Waals surface area contributed by atoms with Crippen LogP contribution in [0.3, 0.4) is 0 Å². The number of nitrogens with two attached hydrogens (primary N) is 1. The zero-order valence-corrected chi connectivity index (χ0v) is 20.1. The van der Waals surface area contributed by atoms with Crippen LogP contribution in [0.1, 0.15) is 22.8 Å². The van der Waals surface area contributed by atoms with E-state index in [0.29, 0.717) is 22.6 Å². The molecule has 0 saturated heterocycles. The largest absolute Gasteiger partial charge is 0.452 e. The molecule has 2 amide bonds. The van der Waals surface area contributed by atoms with Gasteiger partial charge < -0.3 is 14.5 Å². The Kier molecular flexibility index (Phi) is 7.45. The fourth-order valence-corrected chi connectivity index (χ4v) is 5.05. The molecule has 0 bridgehead atoms. The van der Waals surface area contributed by atoms with Crippen molar-refractivity contribution in [2.75, 3.05) is 31.4 Å². The number of fused-ring (bicyclic) bond motifs is 1. The van der Waals surface area contributed by atoms with Gasteiger partial charge in [-0.05, 0) is 49.2 Å². The van der Waals surface area contributed by atoms with Crippen molar-refractivity contribution in [3.8, 4) is 0 Å². The van der Waals surface area contributed by atoms with E-state index in [1.54, 1.807) is 38.4 Å². The number of benzene rings is 2. The van der Waals surface area contributed by atoms with E-state index < -0.39 is 28.5 Å². The van der Waals surface area contributed by atoms with Crippen molar-refractivity contribution < 1.29 is 27.5 Å². The molecule has 0 saturated carbocycles. The first-order chi connectivity index (χ1) is 15.5. The molecule has 1 atom stereocenters. The van der Waals surface area contributed by atoms with Gasteiger partial charge in [0.05, 0.1) is 16.2 Å². The van der Waals surface area contributed by atoms with E-state index in [1.807, 2.05) is 6.92 Å². The van der Waals surface area contributed by atoms with E-state index in [9.17, 15) is 22.8 Å². The van der Waals surface area contributed by atoms with Gasteiger partial charge in [-0.15, -0.1) is 11.8 Å². The molecule has 2 aromatic rings. The third-order valence-electron chi connectivity index (χ3n) is 5.15. The Balaban J connectivity index is 1.69. The molecule has 1 unspecified atom stereocenters. The Morgan fingerprint density at radius 3 is 2.55 bits per heavy atom. The fraction of sp³-hybridized carbons (Fsp3) is 0.318. The molecule has 0 aromatic heterocycles. The summed E-state index contributed by atoms with van der Waals surface area (Å²) in [5, 5.41) is 5.19. The summed E-state index contributed by atoms with van der Waals surface area (Å²) in [6.45, 7) is 1.35. The fourth-order valence-electron chi connectivity index (χ4n) is 3.47. The zero-order valence-electron chi connectivity index (χ0n) is 18.5. The van der Waals surface area contributed by atoms with Crippen molar-refractivity contribution in [3.05, 3.63) is 53.6 Å². The maximum atomic E-state index is 12.9. The second-order valence-corrected chi connectivity index (χ2v) is 10.4. The molecule has 0 aliphatic carbocycles. The number of anilines is 1. The molecule has 11 heteroatoms. The van der Waals surface area contributed by atoms with Crippen molar-refractivity contribution in [1.29, 1.82) is 0 Å². The summed E-state index contributed by atoms with van der Waals surface area (Å²) in [5.74, 6) is -1.02. The lowest BCUT2D eigenvalue weighted by molar-refractivity contribution is -0.126. The second kappa shape index (κ2) is 9.94. The van der Waals surface area contributed by atoms with Crippen molar-refractivity contribution in [2.45, 2.75) is 29.2 Å². The van der Waals surface area contributed by atoms with E-state index in [4.69, 9.17) is 9.88 Å². The second-order valence-electron chi connectivity index (χ2n) is 7.80. The topological polar surface area (TPSA) is 127 Å². The number of hydrogen-bond acceptors (Lipinski definition) is 7. The smallest absolute Gasteiger partial charge is 0.339 e. The maximum absolute atomic E-state index is 12.9. The summed E-state index contributed by atoms with van der Waals surface area (Å²) in [4.78, 5) is 40.9. The standard InChI is InChI=1S/C22H25N3O6S2/c1-14-10-15-11-16(33(23,29)30)8-9-18(15)25(14)20(26)12-31-22(28)17-6-4-5-7-19(17)32-13-21(27)24(2)3/h4-9,11,14H,10,12-13H2,1-3H3,(H2,23,29,30). The van der Waals surface area contributed by atoms with Gasteiger partial charge in [0, 0.05) is 30.7 Å². The SMILES string of the molecule is CC1Cc2cc(S(N)(=O)=O)ccc2N1C(=O)COC(=O)c1ccccc1SCC(=O)N(C)C. The molecule has 1 aliphatic heterocycles. The summed E-state index contributed by atoms with van der Waals surface area (Å²) in [6.07, 6.45) is 0.456. The molecule has 0 fully saturated rings. The number of thioether (sulfide) groups is 1. The predicted molar refractivity (Wildman–Crippen MR) is 125 cm³/mol. The highest BCUT2D eigenvalue weighted by atomic mass is 32.2. The van der Waals surface area contributed by atoms with Gasteiger partial charge in [0.25, 0.3) is 5.91 Å². The number of sulfonamides is 1. The Bertz CT molecular complexity index is 1200. The molecule has 2 aromatic carbocycles. The van der Waals surface area contributed by atoms with Crippen LogP contribution in [0.5, 0.6) is 0 Å². The number of carbonyl (C=O) groups is 3. The molecule has 2 N–H and O–H groups in total. The molecule has 33 heavy (non-hydrogen) atoms. The van der Waals surface area contributed by atoms with E-state index in [2.05, 4.69) is 0 Å². The predicted octanol–water partition coefficient (Wildman–Crippen LogP) is 1.65. The summed E-state index contributed by atoms with van der Waals surface area (Å²) < 4.78 is 28.5. The van der Waals surface area contributed by atoms with Gasteiger partial charge in [-0.1, -0.05) is 12.1 Å². The summed E-state index contributed by atoms with van der Waals surface area (Å²) >= 11 is 1.22. The first-order valence-corrected chi connectivity index (χ1v) is 12.6. The van der Waals surface area contributed by atoms with E-state index in [-0.39, 0.29) is 28.2 Å². The van der Waals surface area contributed by atoms with Gasteiger partial charge in [0.1, 0.15) is 0 Å². The normalized spacial score (nSPS) is 15.2. The minimum absolute atomic E-state index is 0.0176. The van der Waals surface area contributed by atoms with Crippen LogP contribution in [0.15, 0.2) is 52.3 Å². The molecule has 1 heterocycles. The van der Waals surface area contributed by atoms with E-state index in [1.165, 1.54) is 39.8 Å². The minimum atomic E-state index is -3.85. The third kappa shape index (κ3) is 5.73. The Labute approximate surface area is 196 Å². The zero-order chi connectivity index (χ0) is 24.3. The number of primary sulfonamides is 1. The van der Waals surface area contributed by atoms with Crippen molar-refractivity contribution in [1.82, 2.24) is 4.90 Å². The van der Waals surface area contributed by atoms with Crippen LogP contribution in [-0.2, 0) is 30.8 Å². The Morgan fingerprint density at radius 2 is 1.88 bits per heavy atom. The average molecular weight is 492 g/mol. The number of nitrogens with zero attached hydrogens (tertiary/aromatic N) is 2. The monoisotopic (exact) mass is 491 g/mol. The van der Waals surface area contributed by atoms with Crippen LogP contribution in [0, 0.1) is 0 Å². The van der Waals surface area contributed by atoms with E-state index >= 15 is 0 Å². The highest BCUT2D eigenvalue weighted by Crippen LogP contribution is 2.34. The molecule has 176 valence electrons. The minimum Gasteiger partial charge on any atom is -0.452 e. The summed E-state index contributed by atoms with van der Waals surface area (Å²) in [5.41, 5.74) is 1.52. The van der Waals surface area contributed by atoms with Crippen LogP contribution in [0.2, 0.25) is 0 Å². The van der Waals surface area contributed by atoms with Gasteiger partial charge >= 0.3 is 5.97 Å². The van der Waals surface area contributed by atoms with Crippen LogP contribution < -0.4 is 10.0 Å². The van der Waals surface area contributed by atoms with Gasteiger partial charge in [0.2, 0.25) is 15.9 Å². The molecular weight excluding hydrogens is 466 g/mol. The Hall–Kier alpha value is -2.89. The van der Waals surface area contributed by atoms with Crippen molar-refractivity contribution in [2.24, 2.45) is 5.14 Å². The summed E-state index contributed by atoms with van der Waals surface area (Å²) in [6, 6.07) is 10.8. The van der Waals surface area contributed by atoms with E-state index in [0.717, 1.165) is 0 Å². The lowest BCUT2D eigenvalue weighted by atomic mass is 10.1. The van der Waals surface area contributed by atoms with Gasteiger partial charge in [-0.2, -0.15) is 0 Å². The number of carbonyl (C=O) groups excluding carboxylic acids is 3. The van der Waals surface area contributed by atoms with Gasteiger partial charge in [-0.3, -0.25) is 9.59 Å². The third-order valence-corrected chi connectivity index (χ3v) is 7.12. The van der Waals surface area contributed by atoms with Crippen molar-refractivity contribution >= 4 is 45.3 Å². The molecular formula is C22H25N3O6S2.